The fourth-order valence-corrected chi connectivity index (χ4v) is 5.26. The maximum absolute atomic E-state index is 12.6. The third-order valence-corrected chi connectivity index (χ3v) is 7.64. The summed E-state index contributed by atoms with van der Waals surface area (Å²) in [5, 5.41) is 2.86. The predicted octanol–water partition coefficient (Wildman–Crippen LogP) is 1.14. The highest BCUT2D eigenvalue weighted by atomic mass is 32.2. The lowest BCUT2D eigenvalue weighted by Gasteiger charge is -2.31. The van der Waals surface area contributed by atoms with Crippen molar-refractivity contribution >= 4 is 21.8 Å². The van der Waals surface area contributed by atoms with Crippen molar-refractivity contribution in [2.45, 2.75) is 43.5 Å². The second-order valence-electron chi connectivity index (χ2n) is 8.41. The zero-order valence-electron chi connectivity index (χ0n) is 18.7. The Morgan fingerprint density at radius 3 is 2.34 bits per heavy atom. The Morgan fingerprint density at radius 2 is 1.75 bits per heavy atom. The number of ether oxygens (including phenoxy) is 2. The largest absolute Gasteiger partial charge is 0.497 e. The van der Waals surface area contributed by atoms with E-state index in [1.54, 1.807) is 24.0 Å². The summed E-state index contributed by atoms with van der Waals surface area (Å²) in [5.41, 5.74) is 0. The first-order valence-corrected chi connectivity index (χ1v) is 12.6. The zero-order chi connectivity index (χ0) is 23.1. The highest BCUT2D eigenvalue weighted by Gasteiger charge is 2.30. The Hall–Kier alpha value is -2.17. The maximum Gasteiger partial charge on any atom is 0.245 e. The lowest BCUT2D eigenvalue weighted by molar-refractivity contribution is -0.140. The van der Waals surface area contributed by atoms with E-state index < -0.39 is 16.1 Å². The fourth-order valence-electron chi connectivity index (χ4n) is 4.15. The second kappa shape index (κ2) is 11.1. The molecule has 2 N–H and O–H groups in total. The highest BCUT2D eigenvalue weighted by molar-refractivity contribution is 7.89. The van der Waals surface area contributed by atoms with Gasteiger partial charge >= 0.3 is 0 Å². The lowest BCUT2D eigenvalue weighted by Crippen LogP contribution is -2.51. The molecule has 2 aliphatic rings. The van der Waals surface area contributed by atoms with Gasteiger partial charge in [0, 0.05) is 25.6 Å². The van der Waals surface area contributed by atoms with Gasteiger partial charge in [-0.05, 0) is 62.8 Å². The van der Waals surface area contributed by atoms with Crippen molar-refractivity contribution in [1.82, 2.24) is 14.9 Å². The Kier molecular flexibility index (Phi) is 8.50. The summed E-state index contributed by atoms with van der Waals surface area (Å²) in [6.45, 7) is 4.22. The van der Waals surface area contributed by atoms with Gasteiger partial charge in [0.05, 0.1) is 25.2 Å². The van der Waals surface area contributed by atoms with Crippen molar-refractivity contribution in [3.8, 4) is 5.75 Å². The van der Waals surface area contributed by atoms with E-state index in [0.717, 1.165) is 12.8 Å². The van der Waals surface area contributed by atoms with E-state index in [1.807, 2.05) is 0 Å². The van der Waals surface area contributed by atoms with Crippen LogP contribution in [0.3, 0.4) is 0 Å². The minimum Gasteiger partial charge on any atom is -0.497 e. The smallest absolute Gasteiger partial charge is 0.245 e. The maximum atomic E-state index is 12.6. The Bertz CT molecular complexity index is 875. The number of benzene rings is 1. The summed E-state index contributed by atoms with van der Waals surface area (Å²) in [7, 11) is -2.06. The minimum absolute atomic E-state index is 0.0803. The van der Waals surface area contributed by atoms with Gasteiger partial charge in [-0.2, -0.15) is 0 Å². The molecule has 0 bridgehead atoms. The van der Waals surface area contributed by atoms with Crippen molar-refractivity contribution in [2.24, 2.45) is 11.8 Å². The molecule has 1 heterocycles. The van der Waals surface area contributed by atoms with Gasteiger partial charge in [-0.1, -0.05) is 0 Å². The van der Waals surface area contributed by atoms with Crippen LogP contribution in [0.2, 0.25) is 0 Å². The highest BCUT2D eigenvalue weighted by Crippen LogP contribution is 2.29. The number of sulfonamides is 1. The normalized spacial score (nSPS) is 22.8. The van der Waals surface area contributed by atoms with Crippen molar-refractivity contribution < 1.29 is 27.5 Å². The molecule has 0 spiro atoms. The summed E-state index contributed by atoms with van der Waals surface area (Å²) in [6, 6.07) is 5.70. The monoisotopic (exact) mass is 467 g/mol. The SMILES string of the molecule is COc1ccc(S(=O)(=O)NCC2CCC(C(=O)N[C@H](C)C(=O)N3CCOCC3)CC2)cc1. The van der Waals surface area contributed by atoms with Crippen LogP contribution in [-0.2, 0) is 24.3 Å². The molecule has 1 aliphatic heterocycles. The molecule has 1 aromatic rings. The first-order chi connectivity index (χ1) is 15.3. The van der Waals surface area contributed by atoms with Gasteiger partial charge in [0.2, 0.25) is 21.8 Å². The number of amides is 2. The predicted molar refractivity (Wildman–Crippen MR) is 119 cm³/mol. The molecule has 1 saturated heterocycles. The van der Waals surface area contributed by atoms with Crippen LogP contribution in [0.4, 0.5) is 0 Å². The van der Waals surface area contributed by atoms with Gasteiger partial charge in [0.1, 0.15) is 11.8 Å². The molecule has 2 amide bonds. The van der Waals surface area contributed by atoms with Crippen LogP contribution in [0, 0.1) is 11.8 Å². The number of nitrogens with zero attached hydrogens (tertiary/aromatic N) is 1. The quantitative estimate of drug-likeness (QED) is 0.593. The molecular formula is C22H33N3O6S. The van der Waals surface area contributed by atoms with E-state index in [0.29, 0.717) is 51.4 Å². The number of carbonyl (C=O) groups is 2. The minimum atomic E-state index is -3.59. The standard InChI is InChI=1S/C22H33N3O6S/c1-16(22(27)25-11-13-31-14-12-25)24-21(26)18-5-3-17(4-6-18)15-23-32(28,29)20-9-7-19(30-2)8-10-20/h7-10,16-18,23H,3-6,11-15H2,1-2H3,(H,24,26)/t16-,17?,18?/m1/s1. The Morgan fingerprint density at radius 1 is 1.12 bits per heavy atom. The molecule has 0 aromatic heterocycles. The van der Waals surface area contributed by atoms with Crippen LogP contribution in [0.5, 0.6) is 5.75 Å². The number of nitrogens with one attached hydrogen (secondary N) is 2. The third kappa shape index (κ3) is 6.43. The molecule has 0 unspecified atom stereocenters. The molecule has 0 radical (unpaired) electrons. The first-order valence-electron chi connectivity index (χ1n) is 11.1. The van der Waals surface area contributed by atoms with Crippen LogP contribution in [0.25, 0.3) is 0 Å². The van der Waals surface area contributed by atoms with Crippen LogP contribution >= 0.6 is 0 Å². The van der Waals surface area contributed by atoms with Gasteiger partial charge in [0.25, 0.3) is 0 Å². The van der Waals surface area contributed by atoms with Crippen molar-refractivity contribution in [3.05, 3.63) is 24.3 Å². The van der Waals surface area contributed by atoms with Crippen molar-refractivity contribution in [1.29, 1.82) is 0 Å². The molecule has 1 aromatic carbocycles. The van der Waals surface area contributed by atoms with E-state index in [9.17, 15) is 18.0 Å². The second-order valence-corrected chi connectivity index (χ2v) is 10.2. The number of hydrogen-bond donors (Lipinski definition) is 2. The number of methoxy groups -OCH3 is 1. The lowest BCUT2D eigenvalue weighted by atomic mass is 9.81. The van der Waals surface area contributed by atoms with Crippen LogP contribution < -0.4 is 14.8 Å². The molecule has 1 atom stereocenters. The number of carbonyl (C=O) groups excluding carboxylic acids is 2. The molecule has 1 saturated carbocycles. The Balaban J connectivity index is 1.42. The molecule has 10 heteroatoms. The van der Waals surface area contributed by atoms with E-state index in [2.05, 4.69) is 10.0 Å². The van der Waals surface area contributed by atoms with E-state index in [1.165, 1.54) is 19.2 Å². The molecule has 1 aliphatic carbocycles. The van der Waals surface area contributed by atoms with Gasteiger partial charge in [-0.3, -0.25) is 9.59 Å². The number of rotatable bonds is 8. The summed E-state index contributed by atoms with van der Waals surface area (Å²) in [4.78, 5) is 27.0. The molecule has 178 valence electrons. The van der Waals surface area contributed by atoms with E-state index in [4.69, 9.17) is 9.47 Å². The average Bonchev–Trinajstić information content (AvgIpc) is 2.83. The summed E-state index contributed by atoms with van der Waals surface area (Å²) in [5.74, 6) is 0.449. The first kappa shape index (κ1) is 24.5. The molecule has 32 heavy (non-hydrogen) atoms. The van der Waals surface area contributed by atoms with E-state index in [-0.39, 0.29) is 28.5 Å². The number of morpholine rings is 1. The Labute approximate surface area is 189 Å². The van der Waals surface area contributed by atoms with Gasteiger partial charge in [0.15, 0.2) is 0 Å². The average molecular weight is 468 g/mol. The van der Waals surface area contributed by atoms with Crippen LogP contribution in [0.15, 0.2) is 29.2 Å². The van der Waals surface area contributed by atoms with Crippen molar-refractivity contribution in [2.75, 3.05) is 40.0 Å². The number of hydrogen-bond acceptors (Lipinski definition) is 6. The topological polar surface area (TPSA) is 114 Å². The summed E-state index contributed by atoms with van der Waals surface area (Å²) < 4.78 is 38.0. The third-order valence-electron chi connectivity index (χ3n) is 6.20. The molecule has 3 rings (SSSR count). The zero-order valence-corrected chi connectivity index (χ0v) is 19.5. The van der Waals surface area contributed by atoms with Crippen molar-refractivity contribution in [3.63, 3.8) is 0 Å². The fraction of sp³-hybridized carbons (Fsp3) is 0.636. The van der Waals surface area contributed by atoms with Crippen LogP contribution in [-0.4, -0.2) is 71.1 Å². The summed E-state index contributed by atoms with van der Waals surface area (Å²) in [6.07, 6.45) is 2.88. The molecule has 2 fully saturated rings. The molecule has 9 nitrogen and oxygen atoms in total. The van der Waals surface area contributed by atoms with Gasteiger partial charge in [-0.15, -0.1) is 0 Å². The summed E-state index contributed by atoms with van der Waals surface area (Å²) >= 11 is 0. The van der Waals surface area contributed by atoms with Crippen LogP contribution in [0.1, 0.15) is 32.6 Å². The van der Waals surface area contributed by atoms with Gasteiger partial charge < -0.3 is 19.7 Å². The van der Waals surface area contributed by atoms with Gasteiger partial charge in [-0.25, -0.2) is 13.1 Å². The molecular weight excluding hydrogens is 434 g/mol. The van der Waals surface area contributed by atoms with E-state index >= 15 is 0 Å².